The predicted molar refractivity (Wildman–Crippen MR) is 53.4 cm³/mol. The minimum absolute atomic E-state index is 0.330. The number of carbonyl (C=O) groups is 1. The molecule has 1 atom stereocenters. The number of rotatable bonds is 3. The van der Waals surface area contributed by atoms with Crippen molar-refractivity contribution in [2.75, 3.05) is 0 Å². The van der Waals surface area contributed by atoms with E-state index in [1.54, 1.807) is 18.2 Å². The van der Waals surface area contributed by atoms with E-state index in [4.69, 9.17) is 16.7 Å². The summed E-state index contributed by atoms with van der Waals surface area (Å²) in [5, 5.41) is 18.4. The second kappa shape index (κ2) is 4.44. The average Bonchev–Trinajstić information content (AvgIpc) is 2.08. The molecule has 0 aliphatic heterocycles. The first kappa shape index (κ1) is 11.0. The Labute approximate surface area is 86.9 Å². The maximum atomic E-state index is 10.4. The van der Waals surface area contributed by atoms with E-state index >= 15 is 0 Å². The van der Waals surface area contributed by atoms with Gasteiger partial charge < -0.3 is 10.2 Å². The van der Waals surface area contributed by atoms with Crippen molar-refractivity contribution in [3.8, 4) is 0 Å². The third kappa shape index (κ3) is 2.72. The van der Waals surface area contributed by atoms with E-state index in [0.717, 1.165) is 5.56 Å². The van der Waals surface area contributed by atoms with Crippen LogP contribution in [0.1, 0.15) is 23.7 Å². The molecule has 0 aliphatic carbocycles. The molecule has 3 nitrogen and oxygen atoms in total. The fourth-order valence-electron chi connectivity index (χ4n) is 1.19. The largest absolute Gasteiger partial charge is 0.481 e. The van der Waals surface area contributed by atoms with Crippen LogP contribution in [0.15, 0.2) is 18.2 Å². The number of aliphatic hydroxyl groups excluding tert-OH is 1. The molecule has 0 saturated carbocycles. The highest BCUT2D eigenvalue weighted by Gasteiger charge is 2.14. The predicted octanol–water partition coefficient (Wildman–Crippen LogP) is 2.16. The molecular formula is C10H11ClO3. The Kier molecular flexibility index (Phi) is 3.49. The summed E-state index contributed by atoms with van der Waals surface area (Å²) in [6.45, 7) is 1.85. The van der Waals surface area contributed by atoms with Crippen LogP contribution < -0.4 is 0 Å². The number of carboxylic acid groups (broad SMARTS) is 1. The molecule has 0 heterocycles. The molecule has 0 aromatic heterocycles. The highest BCUT2D eigenvalue weighted by molar-refractivity contribution is 6.31. The Bertz CT molecular complexity index is 349. The van der Waals surface area contributed by atoms with Crippen molar-refractivity contribution in [2.24, 2.45) is 0 Å². The first-order valence-electron chi connectivity index (χ1n) is 4.16. The lowest BCUT2D eigenvalue weighted by Gasteiger charge is -2.10. The van der Waals surface area contributed by atoms with Gasteiger partial charge in [-0.1, -0.05) is 29.3 Å². The summed E-state index contributed by atoms with van der Waals surface area (Å²) in [5.74, 6) is -1.05. The van der Waals surface area contributed by atoms with Gasteiger partial charge in [0.2, 0.25) is 0 Å². The summed E-state index contributed by atoms with van der Waals surface area (Å²) in [4.78, 5) is 10.4. The van der Waals surface area contributed by atoms with Gasteiger partial charge in [-0.2, -0.15) is 0 Å². The van der Waals surface area contributed by atoms with Crippen LogP contribution in [0.25, 0.3) is 0 Å². The van der Waals surface area contributed by atoms with Crippen LogP contribution in [-0.2, 0) is 4.79 Å². The SMILES string of the molecule is Cc1ccc(Cl)c([C@H](O)CC(=O)O)c1. The molecule has 2 N–H and O–H groups in total. The van der Waals surface area contributed by atoms with Crippen molar-refractivity contribution < 1.29 is 15.0 Å². The normalized spacial score (nSPS) is 12.5. The Morgan fingerprint density at radius 3 is 2.79 bits per heavy atom. The number of benzene rings is 1. The summed E-state index contributed by atoms with van der Waals surface area (Å²) in [6.07, 6.45) is -1.37. The minimum Gasteiger partial charge on any atom is -0.481 e. The summed E-state index contributed by atoms with van der Waals surface area (Å²) >= 11 is 5.82. The van der Waals surface area contributed by atoms with Crippen molar-refractivity contribution in [2.45, 2.75) is 19.4 Å². The third-order valence-corrected chi connectivity index (χ3v) is 2.22. The average molecular weight is 215 g/mol. The Morgan fingerprint density at radius 2 is 2.21 bits per heavy atom. The number of aryl methyl sites for hydroxylation is 1. The standard InChI is InChI=1S/C10H11ClO3/c1-6-2-3-8(11)7(4-6)9(12)5-10(13)14/h2-4,9,12H,5H2,1H3,(H,13,14)/t9-/m1/s1. The minimum atomic E-state index is -1.05. The quantitative estimate of drug-likeness (QED) is 0.811. The zero-order valence-corrected chi connectivity index (χ0v) is 8.45. The van der Waals surface area contributed by atoms with Crippen LogP contribution in [-0.4, -0.2) is 16.2 Å². The number of aliphatic hydroxyl groups is 1. The van der Waals surface area contributed by atoms with Gasteiger partial charge in [-0.05, 0) is 18.6 Å². The zero-order valence-electron chi connectivity index (χ0n) is 7.70. The Morgan fingerprint density at radius 1 is 1.57 bits per heavy atom. The number of aliphatic carboxylic acids is 1. The van der Waals surface area contributed by atoms with Gasteiger partial charge in [0.25, 0.3) is 0 Å². The van der Waals surface area contributed by atoms with Gasteiger partial charge in [-0.25, -0.2) is 0 Å². The second-order valence-corrected chi connectivity index (χ2v) is 3.55. The second-order valence-electron chi connectivity index (χ2n) is 3.14. The highest BCUT2D eigenvalue weighted by atomic mass is 35.5. The molecule has 0 radical (unpaired) electrons. The maximum Gasteiger partial charge on any atom is 0.306 e. The number of halogens is 1. The lowest BCUT2D eigenvalue weighted by Crippen LogP contribution is -2.06. The van der Waals surface area contributed by atoms with Crippen LogP contribution in [0.4, 0.5) is 0 Å². The maximum absolute atomic E-state index is 10.4. The molecule has 0 fully saturated rings. The van der Waals surface area contributed by atoms with Crippen LogP contribution in [0.5, 0.6) is 0 Å². The smallest absolute Gasteiger partial charge is 0.306 e. The molecule has 0 aliphatic rings. The van der Waals surface area contributed by atoms with E-state index in [2.05, 4.69) is 0 Å². The van der Waals surface area contributed by atoms with E-state index < -0.39 is 12.1 Å². The fraction of sp³-hybridized carbons (Fsp3) is 0.300. The zero-order chi connectivity index (χ0) is 10.7. The van der Waals surface area contributed by atoms with E-state index in [-0.39, 0.29) is 6.42 Å². The van der Waals surface area contributed by atoms with Crippen molar-refractivity contribution in [3.63, 3.8) is 0 Å². The molecule has 0 spiro atoms. The lowest BCUT2D eigenvalue weighted by molar-refractivity contribution is -0.139. The Balaban J connectivity index is 2.93. The molecule has 4 heteroatoms. The molecule has 0 amide bonds. The van der Waals surface area contributed by atoms with Gasteiger partial charge in [-0.3, -0.25) is 4.79 Å². The fourth-order valence-corrected chi connectivity index (χ4v) is 1.44. The highest BCUT2D eigenvalue weighted by Crippen LogP contribution is 2.26. The molecule has 0 unspecified atom stereocenters. The molecule has 1 rings (SSSR count). The van der Waals surface area contributed by atoms with Gasteiger partial charge >= 0.3 is 5.97 Å². The van der Waals surface area contributed by atoms with Crippen LogP contribution in [0, 0.1) is 6.92 Å². The van der Waals surface area contributed by atoms with E-state index in [1.165, 1.54) is 0 Å². The van der Waals surface area contributed by atoms with E-state index in [0.29, 0.717) is 10.6 Å². The van der Waals surface area contributed by atoms with Crippen LogP contribution in [0.2, 0.25) is 5.02 Å². The molecule has 14 heavy (non-hydrogen) atoms. The van der Waals surface area contributed by atoms with E-state index in [9.17, 15) is 9.90 Å². The van der Waals surface area contributed by atoms with Gasteiger partial charge in [-0.15, -0.1) is 0 Å². The molecule has 1 aromatic carbocycles. The van der Waals surface area contributed by atoms with Gasteiger partial charge in [0.05, 0.1) is 12.5 Å². The molecular weight excluding hydrogens is 204 g/mol. The van der Waals surface area contributed by atoms with Crippen molar-refractivity contribution in [1.82, 2.24) is 0 Å². The molecule has 76 valence electrons. The first-order valence-corrected chi connectivity index (χ1v) is 4.54. The summed E-state index contributed by atoms with van der Waals surface area (Å²) < 4.78 is 0. The third-order valence-electron chi connectivity index (χ3n) is 1.88. The number of hydrogen-bond donors (Lipinski definition) is 2. The topological polar surface area (TPSA) is 57.5 Å². The summed E-state index contributed by atoms with van der Waals surface area (Å²) in [7, 11) is 0. The van der Waals surface area contributed by atoms with Crippen molar-refractivity contribution >= 4 is 17.6 Å². The number of hydrogen-bond acceptors (Lipinski definition) is 2. The summed E-state index contributed by atoms with van der Waals surface area (Å²) in [6, 6.07) is 5.15. The lowest BCUT2D eigenvalue weighted by atomic mass is 10.0. The van der Waals surface area contributed by atoms with Crippen molar-refractivity contribution in [1.29, 1.82) is 0 Å². The van der Waals surface area contributed by atoms with Gasteiger partial charge in [0.1, 0.15) is 0 Å². The van der Waals surface area contributed by atoms with E-state index in [1.807, 2.05) is 6.92 Å². The Hall–Kier alpha value is -1.06. The summed E-state index contributed by atoms with van der Waals surface area (Å²) in [5.41, 5.74) is 1.41. The molecule has 0 bridgehead atoms. The number of carboxylic acids is 1. The van der Waals surface area contributed by atoms with Crippen LogP contribution >= 0.6 is 11.6 Å². The van der Waals surface area contributed by atoms with Crippen LogP contribution in [0.3, 0.4) is 0 Å². The van der Waals surface area contributed by atoms with Crippen molar-refractivity contribution in [3.05, 3.63) is 34.3 Å². The molecule has 0 saturated heterocycles. The van der Waals surface area contributed by atoms with Gasteiger partial charge in [0.15, 0.2) is 0 Å². The monoisotopic (exact) mass is 214 g/mol. The molecule has 1 aromatic rings. The first-order chi connectivity index (χ1) is 6.50. The van der Waals surface area contributed by atoms with Gasteiger partial charge in [0, 0.05) is 5.02 Å².